The summed E-state index contributed by atoms with van der Waals surface area (Å²) < 4.78 is 5.56. The van der Waals surface area contributed by atoms with E-state index < -0.39 is 0 Å². The first kappa shape index (κ1) is 13.6. The van der Waals surface area contributed by atoms with Crippen molar-refractivity contribution in [1.82, 2.24) is 9.80 Å². The smallest absolute Gasteiger partial charge is 0.122 e. The van der Waals surface area contributed by atoms with E-state index in [1.165, 1.54) is 0 Å². The van der Waals surface area contributed by atoms with Crippen LogP contribution in [0.25, 0.3) is 0 Å². The van der Waals surface area contributed by atoms with Gasteiger partial charge in [-0.25, -0.2) is 0 Å². The molecule has 2 N–H and O–H groups in total. The van der Waals surface area contributed by atoms with Crippen LogP contribution in [0.1, 0.15) is 32.6 Å². The van der Waals surface area contributed by atoms with Crippen molar-refractivity contribution in [2.24, 2.45) is 5.73 Å². The van der Waals surface area contributed by atoms with Crippen LogP contribution < -0.4 is 5.73 Å². The van der Waals surface area contributed by atoms with E-state index in [0.717, 1.165) is 31.9 Å². The molecule has 2 heterocycles. The van der Waals surface area contributed by atoms with E-state index in [1.54, 1.807) is 6.26 Å². The van der Waals surface area contributed by atoms with Gasteiger partial charge in [-0.1, -0.05) is 6.92 Å². The summed E-state index contributed by atoms with van der Waals surface area (Å²) in [5, 5.41) is 0. The Morgan fingerprint density at radius 2 is 2.28 bits per heavy atom. The van der Waals surface area contributed by atoms with Crippen molar-refractivity contribution in [3.8, 4) is 0 Å². The first-order valence-corrected chi connectivity index (χ1v) is 6.90. The number of nitrogens with zero attached hydrogens (tertiary/aromatic N) is 2. The Labute approximate surface area is 110 Å². The molecule has 3 atom stereocenters. The van der Waals surface area contributed by atoms with E-state index in [2.05, 4.69) is 30.6 Å². The topological polar surface area (TPSA) is 45.6 Å². The zero-order valence-electron chi connectivity index (χ0n) is 11.7. The molecular weight excluding hydrogens is 226 g/mol. The lowest BCUT2D eigenvalue weighted by Gasteiger charge is -2.43. The molecule has 102 valence electrons. The van der Waals surface area contributed by atoms with Gasteiger partial charge in [0.25, 0.3) is 0 Å². The first-order valence-electron chi connectivity index (χ1n) is 6.90. The Bertz CT molecular complexity index is 350. The molecular formula is C14H25N3O. The lowest BCUT2D eigenvalue weighted by Crippen LogP contribution is -2.54. The van der Waals surface area contributed by atoms with Gasteiger partial charge in [0, 0.05) is 31.7 Å². The molecule has 0 aliphatic carbocycles. The van der Waals surface area contributed by atoms with Gasteiger partial charge >= 0.3 is 0 Å². The summed E-state index contributed by atoms with van der Waals surface area (Å²) in [5.74, 6) is 0.988. The standard InChI is InChI=1S/C14H25N3O/c1-4-16-7-8-17(10-11(16)2)14(12(3)15)13-6-5-9-18-13/h5-6,9,11-12,14H,4,7-8,10,15H2,1-3H3. The van der Waals surface area contributed by atoms with E-state index >= 15 is 0 Å². The molecule has 0 bridgehead atoms. The van der Waals surface area contributed by atoms with Gasteiger partial charge in [0.15, 0.2) is 0 Å². The summed E-state index contributed by atoms with van der Waals surface area (Å²) in [6.45, 7) is 10.9. The van der Waals surface area contributed by atoms with Gasteiger partial charge in [0.1, 0.15) is 5.76 Å². The second-order valence-electron chi connectivity index (χ2n) is 5.29. The maximum Gasteiger partial charge on any atom is 0.122 e. The van der Waals surface area contributed by atoms with E-state index in [9.17, 15) is 0 Å². The molecule has 1 saturated heterocycles. The third-order valence-corrected chi connectivity index (χ3v) is 3.93. The Hall–Kier alpha value is -0.840. The zero-order chi connectivity index (χ0) is 13.1. The minimum absolute atomic E-state index is 0.0801. The fourth-order valence-electron chi connectivity index (χ4n) is 2.98. The molecule has 1 fully saturated rings. The van der Waals surface area contributed by atoms with Gasteiger partial charge in [0.2, 0.25) is 0 Å². The van der Waals surface area contributed by atoms with Gasteiger partial charge in [-0.2, -0.15) is 0 Å². The molecule has 2 rings (SSSR count). The van der Waals surface area contributed by atoms with Crippen LogP contribution in [0.4, 0.5) is 0 Å². The van der Waals surface area contributed by atoms with Crippen LogP contribution in [0.15, 0.2) is 22.8 Å². The third kappa shape index (κ3) is 2.76. The molecule has 4 heteroatoms. The zero-order valence-corrected chi connectivity index (χ0v) is 11.7. The van der Waals surface area contributed by atoms with Gasteiger partial charge in [-0.15, -0.1) is 0 Å². The minimum atomic E-state index is 0.0801. The molecule has 3 unspecified atom stereocenters. The lowest BCUT2D eigenvalue weighted by atomic mass is 10.0. The maximum atomic E-state index is 6.16. The number of likely N-dealkylation sites (N-methyl/N-ethyl adjacent to an activating group) is 1. The van der Waals surface area contributed by atoms with Crippen LogP contribution in [0.5, 0.6) is 0 Å². The van der Waals surface area contributed by atoms with Crippen LogP contribution in [0.2, 0.25) is 0 Å². The van der Waals surface area contributed by atoms with E-state index in [1.807, 2.05) is 12.1 Å². The Morgan fingerprint density at radius 1 is 1.50 bits per heavy atom. The third-order valence-electron chi connectivity index (χ3n) is 3.93. The van der Waals surface area contributed by atoms with Crippen molar-refractivity contribution in [1.29, 1.82) is 0 Å². The number of nitrogens with two attached hydrogens (primary N) is 1. The van der Waals surface area contributed by atoms with Gasteiger partial charge in [-0.3, -0.25) is 9.80 Å². The summed E-state index contributed by atoms with van der Waals surface area (Å²) >= 11 is 0. The number of hydrogen-bond donors (Lipinski definition) is 1. The number of hydrogen-bond acceptors (Lipinski definition) is 4. The molecule has 0 radical (unpaired) electrons. The predicted molar refractivity (Wildman–Crippen MR) is 73.4 cm³/mol. The normalized spacial score (nSPS) is 26.1. The molecule has 0 spiro atoms. The van der Waals surface area contributed by atoms with E-state index in [4.69, 9.17) is 10.2 Å². The highest BCUT2D eigenvalue weighted by Gasteiger charge is 2.31. The summed E-state index contributed by atoms with van der Waals surface area (Å²) in [5.41, 5.74) is 6.16. The summed E-state index contributed by atoms with van der Waals surface area (Å²) in [4.78, 5) is 4.97. The second-order valence-corrected chi connectivity index (χ2v) is 5.29. The van der Waals surface area contributed by atoms with Crippen molar-refractivity contribution in [3.63, 3.8) is 0 Å². The number of rotatable bonds is 4. The Balaban J connectivity index is 2.09. The predicted octanol–water partition coefficient (Wildman–Crippen LogP) is 1.69. The SMILES string of the molecule is CCN1CCN(C(c2ccco2)C(C)N)CC1C. The minimum Gasteiger partial charge on any atom is -0.468 e. The van der Waals surface area contributed by atoms with Crippen LogP contribution in [0, 0.1) is 0 Å². The average Bonchev–Trinajstić information content (AvgIpc) is 2.82. The molecule has 4 nitrogen and oxygen atoms in total. The molecule has 0 aromatic carbocycles. The fraction of sp³-hybridized carbons (Fsp3) is 0.714. The molecule has 0 amide bonds. The molecule has 18 heavy (non-hydrogen) atoms. The highest BCUT2D eigenvalue weighted by molar-refractivity contribution is 5.08. The highest BCUT2D eigenvalue weighted by atomic mass is 16.3. The number of piperazine rings is 1. The molecule has 1 aliphatic rings. The summed E-state index contributed by atoms with van der Waals surface area (Å²) in [7, 11) is 0. The molecule has 1 aliphatic heterocycles. The van der Waals surface area contributed by atoms with E-state index in [-0.39, 0.29) is 12.1 Å². The fourth-order valence-corrected chi connectivity index (χ4v) is 2.98. The van der Waals surface area contributed by atoms with Crippen molar-refractivity contribution < 1.29 is 4.42 Å². The quantitative estimate of drug-likeness (QED) is 0.884. The van der Waals surface area contributed by atoms with Gasteiger partial charge in [-0.05, 0) is 32.5 Å². The number of furan rings is 1. The van der Waals surface area contributed by atoms with Gasteiger partial charge < -0.3 is 10.2 Å². The van der Waals surface area contributed by atoms with Gasteiger partial charge in [0.05, 0.1) is 12.3 Å². The summed E-state index contributed by atoms with van der Waals surface area (Å²) in [6, 6.07) is 4.83. The second kappa shape index (κ2) is 5.87. The first-order chi connectivity index (χ1) is 8.63. The lowest BCUT2D eigenvalue weighted by molar-refractivity contribution is 0.0444. The van der Waals surface area contributed by atoms with Crippen molar-refractivity contribution in [2.45, 2.75) is 38.9 Å². The molecule has 1 aromatic heterocycles. The van der Waals surface area contributed by atoms with E-state index in [0.29, 0.717) is 6.04 Å². The monoisotopic (exact) mass is 251 g/mol. The van der Waals surface area contributed by atoms with Crippen LogP contribution in [0.3, 0.4) is 0 Å². The highest BCUT2D eigenvalue weighted by Crippen LogP contribution is 2.26. The molecule has 1 aromatic rings. The van der Waals surface area contributed by atoms with Crippen LogP contribution in [-0.2, 0) is 0 Å². The largest absolute Gasteiger partial charge is 0.468 e. The van der Waals surface area contributed by atoms with Crippen LogP contribution >= 0.6 is 0 Å². The van der Waals surface area contributed by atoms with Crippen molar-refractivity contribution in [3.05, 3.63) is 24.2 Å². The van der Waals surface area contributed by atoms with Crippen LogP contribution in [-0.4, -0.2) is 48.1 Å². The van der Waals surface area contributed by atoms with Crippen molar-refractivity contribution in [2.75, 3.05) is 26.2 Å². The summed E-state index contributed by atoms with van der Waals surface area (Å²) in [6.07, 6.45) is 1.73. The molecule has 0 saturated carbocycles. The Kier molecular flexibility index (Phi) is 4.43. The Morgan fingerprint density at radius 3 is 2.78 bits per heavy atom. The van der Waals surface area contributed by atoms with Crippen molar-refractivity contribution >= 4 is 0 Å². The maximum absolute atomic E-state index is 6.16. The average molecular weight is 251 g/mol.